The van der Waals surface area contributed by atoms with Gasteiger partial charge in [-0.25, -0.2) is 4.98 Å². The summed E-state index contributed by atoms with van der Waals surface area (Å²) in [6.07, 6.45) is -3.82. The van der Waals surface area contributed by atoms with Gasteiger partial charge in [0.2, 0.25) is 0 Å². The van der Waals surface area contributed by atoms with Crippen LogP contribution in [0.15, 0.2) is 35.4 Å². The number of carbonyl (C=O) groups excluding carboxylic acids is 1. The monoisotopic (exact) mass is 468 g/mol. The number of carbonyl (C=O) groups is 1. The van der Waals surface area contributed by atoms with Gasteiger partial charge in [-0.1, -0.05) is 12.1 Å². The molecule has 1 N–H and O–H groups in total. The van der Waals surface area contributed by atoms with Crippen LogP contribution in [0.25, 0.3) is 21.5 Å². The largest absolute Gasteiger partial charge is 0.497 e. The van der Waals surface area contributed by atoms with E-state index in [2.05, 4.69) is 9.36 Å². The van der Waals surface area contributed by atoms with E-state index < -0.39 is 23.2 Å². The Kier molecular flexibility index (Phi) is 5.67. The van der Waals surface area contributed by atoms with Crippen molar-refractivity contribution in [1.29, 1.82) is 0 Å². The fourth-order valence-electron chi connectivity index (χ4n) is 3.71. The Hall–Kier alpha value is -2.99. The van der Waals surface area contributed by atoms with Gasteiger partial charge < -0.3 is 14.7 Å². The zero-order chi connectivity index (χ0) is 23.1. The molecule has 0 saturated carbocycles. The molecule has 0 spiro atoms. The first-order valence-electron chi connectivity index (χ1n) is 9.69. The molecular weight excluding hydrogens is 449 g/mol. The molecular formula is C20H19F3N4O4S. The van der Waals surface area contributed by atoms with Crippen molar-refractivity contribution < 1.29 is 27.8 Å². The number of ether oxygens (including phenoxy) is 1. The fourth-order valence-corrected chi connectivity index (χ4v) is 4.51. The van der Waals surface area contributed by atoms with E-state index in [1.54, 1.807) is 25.3 Å². The number of fused-ring (bicyclic) bond motifs is 1. The Balaban J connectivity index is 1.55. The lowest BCUT2D eigenvalue weighted by Gasteiger charge is -2.38. The molecule has 0 aliphatic carbocycles. The molecule has 1 aliphatic rings. The summed E-state index contributed by atoms with van der Waals surface area (Å²) in [6, 6.07) is 7.18. The zero-order valence-electron chi connectivity index (χ0n) is 16.9. The molecule has 1 fully saturated rings. The van der Waals surface area contributed by atoms with Crippen molar-refractivity contribution in [1.82, 2.24) is 18.8 Å². The van der Waals surface area contributed by atoms with Crippen molar-refractivity contribution in [2.75, 3.05) is 20.2 Å². The number of halogens is 3. The summed E-state index contributed by atoms with van der Waals surface area (Å²) >= 11 is 0.985. The number of hydrogen-bond acceptors (Lipinski definition) is 7. The minimum Gasteiger partial charge on any atom is -0.497 e. The van der Waals surface area contributed by atoms with Gasteiger partial charge in [-0.15, -0.1) is 0 Å². The van der Waals surface area contributed by atoms with Crippen LogP contribution in [0.4, 0.5) is 13.2 Å². The van der Waals surface area contributed by atoms with E-state index in [1.165, 1.54) is 10.9 Å². The summed E-state index contributed by atoms with van der Waals surface area (Å²) in [4.78, 5) is 29.4. The SMILES string of the molecule is COc1cccc(-c2nsc3c(=O)n(CC4(O)CCN(C(=O)C(F)(F)F)CC4)cnc23)c1. The lowest BCUT2D eigenvalue weighted by molar-refractivity contribution is -0.188. The molecule has 3 aromatic rings. The zero-order valence-corrected chi connectivity index (χ0v) is 17.7. The summed E-state index contributed by atoms with van der Waals surface area (Å²) in [5.41, 5.74) is -0.139. The van der Waals surface area contributed by atoms with Crippen LogP contribution in [0, 0.1) is 0 Å². The Morgan fingerprint density at radius 3 is 2.69 bits per heavy atom. The number of alkyl halides is 3. The molecule has 1 aromatic carbocycles. The average Bonchev–Trinajstić information content (AvgIpc) is 3.20. The number of amides is 1. The third-order valence-electron chi connectivity index (χ3n) is 5.48. The van der Waals surface area contributed by atoms with Crippen molar-refractivity contribution in [3.05, 3.63) is 40.9 Å². The summed E-state index contributed by atoms with van der Waals surface area (Å²) in [5, 5.41) is 10.8. The summed E-state index contributed by atoms with van der Waals surface area (Å²) in [5.74, 6) is -1.29. The third-order valence-corrected chi connectivity index (χ3v) is 6.31. The lowest BCUT2D eigenvalue weighted by Crippen LogP contribution is -2.52. The third kappa shape index (κ3) is 4.19. The predicted molar refractivity (Wildman–Crippen MR) is 110 cm³/mol. The van der Waals surface area contributed by atoms with Gasteiger partial charge in [0.05, 0.1) is 25.6 Å². The molecule has 0 unspecified atom stereocenters. The number of methoxy groups -OCH3 is 1. The Morgan fingerprint density at radius 1 is 1.31 bits per heavy atom. The molecule has 4 rings (SSSR count). The van der Waals surface area contributed by atoms with Crippen LogP contribution in [0.2, 0.25) is 0 Å². The quantitative estimate of drug-likeness (QED) is 0.632. The lowest BCUT2D eigenvalue weighted by atomic mass is 9.91. The van der Waals surface area contributed by atoms with Crippen LogP contribution < -0.4 is 10.3 Å². The minimum atomic E-state index is -4.95. The van der Waals surface area contributed by atoms with E-state index in [9.17, 15) is 27.9 Å². The van der Waals surface area contributed by atoms with Crippen LogP contribution in [-0.2, 0) is 11.3 Å². The number of piperidine rings is 1. The smallest absolute Gasteiger partial charge is 0.471 e. The van der Waals surface area contributed by atoms with E-state index >= 15 is 0 Å². The molecule has 12 heteroatoms. The van der Waals surface area contributed by atoms with E-state index in [1.807, 2.05) is 6.07 Å². The van der Waals surface area contributed by atoms with Crippen molar-refractivity contribution >= 4 is 27.7 Å². The van der Waals surface area contributed by atoms with Crippen LogP contribution in [0.5, 0.6) is 5.75 Å². The van der Waals surface area contributed by atoms with Crippen molar-refractivity contribution in [2.45, 2.75) is 31.2 Å². The van der Waals surface area contributed by atoms with Crippen LogP contribution >= 0.6 is 11.5 Å². The molecule has 1 saturated heterocycles. The number of hydrogen-bond donors (Lipinski definition) is 1. The topological polar surface area (TPSA) is 97.5 Å². The normalized spacial score (nSPS) is 16.3. The molecule has 1 amide bonds. The number of aliphatic hydroxyl groups is 1. The highest BCUT2D eigenvalue weighted by atomic mass is 32.1. The number of benzene rings is 1. The summed E-state index contributed by atoms with van der Waals surface area (Å²) < 4.78 is 49.0. The highest BCUT2D eigenvalue weighted by molar-refractivity contribution is 7.13. The van der Waals surface area contributed by atoms with E-state index in [0.29, 0.717) is 26.6 Å². The minimum absolute atomic E-state index is 0.0863. The van der Waals surface area contributed by atoms with Crippen LogP contribution in [-0.4, -0.2) is 61.8 Å². The maximum absolute atomic E-state index is 13.0. The average molecular weight is 468 g/mol. The first kappa shape index (κ1) is 22.2. The van der Waals surface area contributed by atoms with Crippen molar-refractivity contribution in [3.63, 3.8) is 0 Å². The van der Waals surface area contributed by atoms with Gasteiger partial charge in [0.1, 0.15) is 21.7 Å². The Bertz CT molecular complexity index is 1220. The van der Waals surface area contributed by atoms with E-state index in [0.717, 1.165) is 17.1 Å². The second-order valence-corrected chi connectivity index (χ2v) is 8.41. The number of likely N-dealkylation sites (tertiary alicyclic amines) is 1. The number of aromatic nitrogens is 3. The first-order chi connectivity index (χ1) is 15.1. The Labute approximate surface area is 184 Å². The molecule has 170 valence electrons. The molecule has 2 aromatic heterocycles. The molecule has 8 nitrogen and oxygen atoms in total. The van der Waals surface area contributed by atoms with Gasteiger partial charge in [-0.2, -0.15) is 17.5 Å². The van der Waals surface area contributed by atoms with Crippen molar-refractivity contribution in [3.8, 4) is 17.0 Å². The van der Waals surface area contributed by atoms with E-state index in [4.69, 9.17) is 4.74 Å². The molecule has 1 aliphatic heterocycles. The molecule has 32 heavy (non-hydrogen) atoms. The maximum atomic E-state index is 13.0. The van der Waals surface area contributed by atoms with E-state index in [-0.39, 0.29) is 32.5 Å². The molecule has 0 radical (unpaired) electrons. The van der Waals surface area contributed by atoms with Crippen LogP contribution in [0.1, 0.15) is 12.8 Å². The second kappa shape index (κ2) is 8.17. The summed E-state index contributed by atoms with van der Waals surface area (Å²) in [6.45, 7) is -0.644. The predicted octanol–water partition coefficient (Wildman–Crippen LogP) is 2.44. The molecule has 3 heterocycles. The van der Waals surface area contributed by atoms with Crippen molar-refractivity contribution in [2.24, 2.45) is 0 Å². The summed E-state index contributed by atoms with van der Waals surface area (Å²) in [7, 11) is 1.55. The molecule has 0 atom stereocenters. The molecule has 0 bridgehead atoms. The van der Waals surface area contributed by atoms with Gasteiger partial charge >= 0.3 is 12.1 Å². The highest BCUT2D eigenvalue weighted by Gasteiger charge is 2.45. The highest BCUT2D eigenvalue weighted by Crippen LogP contribution is 2.31. The van der Waals surface area contributed by atoms with Gasteiger partial charge in [0.25, 0.3) is 5.56 Å². The second-order valence-electron chi connectivity index (χ2n) is 7.63. The van der Waals surface area contributed by atoms with Gasteiger partial charge in [0.15, 0.2) is 0 Å². The Morgan fingerprint density at radius 2 is 2.03 bits per heavy atom. The fraction of sp³-hybridized carbons (Fsp3) is 0.400. The standard InChI is InChI=1S/C20H19F3N4O4S/c1-31-13-4-2-3-12(9-13)14-15-16(32-25-14)17(28)27(11-24-15)10-19(30)5-7-26(8-6-19)18(29)20(21,22)23/h2-4,9,11,30H,5-8,10H2,1H3. The number of rotatable bonds is 4. The van der Waals surface area contributed by atoms with Gasteiger partial charge in [0, 0.05) is 18.7 Å². The number of nitrogens with zero attached hydrogens (tertiary/aromatic N) is 4. The van der Waals surface area contributed by atoms with Gasteiger partial charge in [-0.05, 0) is 36.5 Å². The maximum Gasteiger partial charge on any atom is 0.471 e. The first-order valence-corrected chi connectivity index (χ1v) is 10.5. The van der Waals surface area contributed by atoms with Gasteiger partial charge in [-0.3, -0.25) is 14.2 Å². The van der Waals surface area contributed by atoms with Crippen LogP contribution in [0.3, 0.4) is 0 Å².